The number of benzene rings is 1. The lowest BCUT2D eigenvalue weighted by atomic mass is 10.3. The van der Waals surface area contributed by atoms with E-state index in [0.29, 0.717) is 33.9 Å². The molecule has 0 aliphatic carbocycles. The number of allylic oxidation sites excluding steroid dienone is 1. The smallest absolute Gasteiger partial charge is 0.258 e. The van der Waals surface area contributed by atoms with Gasteiger partial charge in [0.2, 0.25) is 0 Å². The van der Waals surface area contributed by atoms with Crippen LogP contribution in [-0.4, -0.2) is 24.1 Å². The summed E-state index contributed by atoms with van der Waals surface area (Å²) in [6, 6.07) is 7.75. The van der Waals surface area contributed by atoms with E-state index in [-0.39, 0.29) is 17.9 Å². The van der Waals surface area contributed by atoms with E-state index in [9.17, 15) is 9.18 Å². The Morgan fingerprint density at radius 3 is 2.97 bits per heavy atom. The number of nitrogens with zero attached hydrogens (tertiary/aromatic N) is 5. The van der Waals surface area contributed by atoms with Gasteiger partial charge in [-0.25, -0.2) is 9.37 Å². The lowest BCUT2D eigenvalue weighted by Gasteiger charge is -2.09. The van der Waals surface area contributed by atoms with Crippen LogP contribution in [0.25, 0.3) is 4.96 Å². The first kappa shape index (κ1) is 20.3. The minimum Gasteiger partial charge on any atom is -0.483 e. The molecule has 0 bridgehead atoms. The van der Waals surface area contributed by atoms with Gasteiger partial charge in [0.05, 0.1) is 5.69 Å². The van der Waals surface area contributed by atoms with E-state index in [1.807, 2.05) is 16.9 Å². The number of ether oxygens (including phenoxy) is 1. The largest absolute Gasteiger partial charge is 0.483 e. The number of thiazole rings is 1. The summed E-state index contributed by atoms with van der Waals surface area (Å²) in [6.45, 7) is 6.20. The van der Waals surface area contributed by atoms with Gasteiger partial charge >= 0.3 is 0 Å². The predicted molar refractivity (Wildman–Crippen MR) is 115 cm³/mol. The maximum atomic E-state index is 13.8. The number of fused-ring (bicyclic) bond motifs is 1. The predicted octanol–water partition coefficient (Wildman–Crippen LogP) is 3.85. The number of aromatic nitrogens is 5. The molecule has 30 heavy (non-hydrogen) atoms. The van der Waals surface area contributed by atoms with Crippen molar-refractivity contribution >= 4 is 28.1 Å². The fourth-order valence-corrected chi connectivity index (χ4v) is 4.61. The Labute approximate surface area is 179 Å². The molecule has 4 rings (SSSR count). The molecule has 3 aromatic heterocycles. The number of rotatable bonds is 8. The first-order valence-corrected chi connectivity index (χ1v) is 10.9. The van der Waals surface area contributed by atoms with E-state index in [1.165, 1.54) is 35.2 Å². The SMILES string of the molecule is C=CCn1c(COc2ccccc2F)nnc1SCc1cc(=O)n2c(C)csc2n1. The first-order chi connectivity index (χ1) is 14.6. The molecule has 1 aromatic carbocycles. The van der Waals surface area contributed by atoms with Gasteiger partial charge in [-0.2, -0.15) is 0 Å². The molecule has 0 radical (unpaired) electrons. The van der Waals surface area contributed by atoms with Crippen molar-refractivity contribution in [2.45, 2.75) is 31.0 Å². The van der Waals surface area contributed by atoms with E-state index >= 15 is 0 Å². The van der Waals surface area contributed by atoms with Gasteiger partial charge in [-0.3, -0.25) is 13.8 Å². The Morgan fingerprint density at radius 2 is 2.17 bits per heavy atom. The number of hydrogen-bond donors (Lipinski definition) is 0. The zero-order valence-corrected chi connectivity index (χ0v) is 17.7. The van der Waals surface area contributed by atoms with E-state index in [0.717, 1.165) is 5.69 Å². The summed E-state index contributed by atoms with van der Waals surface area (Å²) in [4.78, 5) is 17.6. The molecular weight excluding hydrogens is 425 g/mol. The highest BCUT2D eigenvalue weighted by molar-refractivity contribution is 7.98. The van der Waals surface area contributed by atoms with Gasteiger partial charge in [0.25, 0.3) is 5.56 Å². The number of hydrogen-bond acceptors (Lipinski definition) is 7. The zero-order chi connectivity index (χ0) is 21.1. The van der Waals surface area contributed by atoms with Crippen LogP contribution in [0.15, 0.2) is 58.3 Å². The molecule has 7 nitrogen and oxygen atoms in total. The quantitative estimate of drug-likeness (QED) is 0.304. The maximum Gasteiger partial charge on any atom is 0.258 e. The number of aryl methyl sites for hydroxylation is 1. The van der Waals surface area contributed by atoms with Crippen molar-refractivity contribution < 1.29 is 9.13 Å². The molecule has 10 heteroatoms. The zero-order valence-electron chi connectivity index (χ0n) is 16.1. The molecule has 0 amide bonds. The van der Waals surface area contributed by atoms with Gasteiger partial charge in [0.15, 0.2) is 27.5 Å². The number of thioether (sulfide) groups is 1. The summed E-state index contributed by atoms with van der Waals surface area (Å²) in [5.41, 5.74) is 1.45. The van der Waals surface area contributed by atoms with Crippen molar-refractivity contribution in [3.63, 3.8) is 0 Å². The van der Waals surface area contributed by atoms with E-state index in [2.05, 4.69) is 21.8 Å². The molecule has 0 spiro atoms. The van der Waals surface area contributed by atoms with E-state index in [1.54, 1.807) is 28.7 Å². The van der Waals surface area contributed by atoms with Gasteiger partial charge in [0, 0.05) is 29.4 Å². The number of para-hydroxylation sites is 1. The van der Waals surface area contributed by atoms with Gasteiger partial charge in [-0.15, -0.1) is 28.1 Å². The van der Waals surface area contributed by atoms with Crippen LogP contribution in [0.4, 0.5) is 4.39 Å². The summed E-state index contributed by atoms with van der Waals surface area (Å²) in [5.74, 6) is 0.743. The third-order valence-corrected chi connectivity index (χ3v) is 6.22. The third-order valence-electron chi connectivity index (χ3n) is 4.28. The van der Waals surface area contributed by atoms with Crippen LogP contribution in [-0.2, 0) is 18.9 Å². The fraction of sp³-hybridized carbons (Fsp3) is 0.200. The summed E-state index contributed by atoms with van der Waals surface area (Å²) in [7, 11) is 0. The highest BCUT2D eigenvalue weighted by Gasteiger charge is 2.14. The molecule has 0 aliphatic rings. The second-order valence-corrected chi connectivity index (χ2v) is 8.17. The van der Waals surface area contributed by atoms with Crippen LogP contribution in [0.2, 0.25) is 0 Å². The van der Waals surface area contributed by atoms with Crippen LogP contribution in [0.5, 0.6) is 5.75 Å². The van der Waals surface area contributed by atoms with Crippen molar-refractivity contribution in [3.05, 3.63) is 81.8 Å². The highest BCUT2D eigenvalue weighted by Crippen LogP contribution is 2.23. The normalized spacial score (nSPS) is 11.1. The molecule has 0 unspecified atom stereocenters. The van der Waals surface area contributed by atoms with Gasteiger partial charge < -0.3 is 4.74 Å². The minimum absolute atomic E-state index is 0.0718. The second kappa shape index (κ2) is 8.80. The van der Waals surface area contributed by atoms with Gasteiger partial charge in [0.1, 0.15) is 6.61 Å². The summed E-state index contributed by atoms with van der Waals surface area (Å²) >= 11 is 2.85. The van der Waals surface area contributed by atoms with Crippen LogP contribution >= 0.6 is 23.1 Å². The standard InChI is InChI=1S/C20H18FN5O2S2/c1-3-8-25-17(10-28-16-7-5-4-6-15(16)21)23-24-20(25)30-12-14-9-18(27)26-13(2)11-29-19(26)22-14/h3-7,9,11H,1,8,10,12H2,2H3. The Balaban J connectivity index is 1.51. The molecule has 0 aliphatic heterocycles. The Bertz CT molecular complexity index is 1260. The summed E-state index contributed by atoms with van der Waals surface area (Å²) in [6.07, 6.45) is 1.73. The van der Waals surface area contributed by atoms with E-state index in [4.69, 9.17) is 4.74 Å². The maximum absolute atomic E-state index is 13.8. The van der Waals surface area contributed by atoms with Crippen molar-refractivity contribution in [2.24, 2.45) is 0 Å². The van der Waals surface area contributed by atoms with E-state index < -0.39 is 5.82 Å². The fourth-order valence-electron chi connectivity index (χ4n) is 2.86. The van der Waals surface area contributed by atoms with Crippen LogP contribution in [0, 0.1) is 12.7 Å². The second-order valence-electron chi connectivity index (χ2n) is 6.39. The minimum atomic E-state index is -0.432. The summed E-state index contributed by atoms with van der Waals surface area (Å²) in [5, 5.41) is 10.9. The average molecular weight is 444 g/mol. The van der Waals surface area contributed by atoms with Crippen LogP contribution in [0.3, 0.4) is 0 Å². The molecule has 4 aromatic rings. The van der Waals surface area contributed by atoms with Crippen molar-refractivity contribution in [3.8, 4) is 5.75 Å². The van der Waals surface area contributed by atoms with Crippen LogP contribution in [0.1, 0.15) is 17.2 Å². The molecule has 3 heterocycles. The monoisotopic (exact) mass is 443 g/mol. The molecule has 0 fully saturated rings. The summed E-state index contributed by atoms with van der Waals surface area (Å²) < 4.78 is 22.8. The topological polar surface area (TPSA) is 74.3 Å². The average Bonchev–Trinajstić information content (AvgIpc) is 3.30. The first-order valence-electron chi connectivity index (χ1n) is 9.06. The van der Waals surface area contributed by atoms with Crippen molar-refractivity contribution in [2.75, 3.05) is 0 Å². The van der Waals surface area contributed by atoms with Crippen LogP contribution < -0.4 is 10.3 Å². The molecular formula is C20H18FN5O2S2. The Hall–Kier alpha value is -2.98. The van der Waals surface area contributed by atoms with Crippen molar-refractivity contribution in [1.82, 2.24) is 24.1 Å². The Morgan fingerprint density at radius 1 is 1.33 bits per heavy atom. The molecule has 0 atom stereocenters. The van der Waals surface area contributed by atoms with Gasteiger partial charge in [-0.05, 0) is 19.1 Å². The lowest BCUT2D eigenvalue weighted by molar-refractivity contribution is 0.275. The van der Waals surface area contributed by atoms with Gasteiger partial charge in [-0.1, -0.05) is 30.0 Å². The number of halogens is 1. The molecule has 154 valence electrons. The lowest BCUT2D eigenvalue weighted by Crippen LogP contribution is -2.14. The Kier molecular flexibility index (Phi) is 5.96. The van der Waals surface area contributed by atoms with Crippen molar-refractivity contribution in [1.29, 1.82) is 0 Å². The highest BCUT2D eigenvalue weighted by atomic mass is 32.2. The third kappa shape index (κ3) is 4.14. The molecule has 0 N–H and O–H groups in total. The molecule has 0 saturated carbocycles. The molecule has 0 saturated heterocycles.